The van der Waals surface area contributed by atoms with Crippen LogP contribution in [0.25, 0.3) is 0 Å². The van der Waals surface area contributed by atoms with Crippen LogP contribution < -0.4 is 5.73 Å². The van der Waals surface area contributed by atoms with E-state index < -0.39 is 17.4 Å². The lowest BCUT2D eigenvalue weighted by Gasteiger charge is -2.32. The standard InChI is InChI=1S/C10H18N2O2/c1-3-10(12,4-2)8(9(13)14)6-5-7-11/h8H,3-6,12H2,1-2H3,(H,13,14). The van der Waals surface area contributed by atoms with Gasteiger partial charge in [0.1, 0.15) is 0 Å². The molecule has 0 aliphatic carbocycles. The van der Waals surface area contributed by atoms with Crippen molar-refractivity contribution in [1.82, 2.24) is 0 Å². The number of nitriles is 1. The van der Waals surface area contributed by atoms with Crippen molar-refractivity contribution in [3.8, 4) is 6.07 Å². The number of hydrogen-bond acceptors (Lipinski definition) is 3. The predicted octanol–water partition coefficient (Wildman–Crippen LogP) is 1.51. The van der Waals surface area contributed by atoms with Gasteiger partial charge in [0.05, 0.1) is 12.0 Å². The van der Waals surface area contributed by atoms with Crippen LogP contribution >= 0.6 is 0 Å². The van der Waals surface area contributed by atoms with Crippen LogP contribution in [0.2, 0.25) is 0 Å². The number of nitrogens with two attached hydrogens (primary N) is 1. The summed E-state index contributed by atoms with van der Waals surface area (Å²) in [5, 5.41) is 17.4. The lowest BCUT2D eigenvalue weighted by molar-refractivity contribution is -0.144. The molecule has 0 rings (SSSR count). The number of carboxylic acids is 1. The Morgan fingerprint density at radius 2 is 2.07 bits per heavy atom. The number of nitrogens with zero attached hydrogens (tertiary/aromatic N) is 1. The maximum absolute atomic E-state index is 11.0. The van der Waals surface area contributed by atoms with E-state index in [9.17, 15) is 4.79 Å². The number of rotatable bonds is 6. The smallest absolute Gasteiger partial charge is 0.308 e. The van der Waals surface area contributed by atoms with Crippen molar-refractivity contribution in [2.24, 2.45) is 11.7 Å². The molecule has 0 radical (unpaired) electrons. The minimum atomic E-state index is -0.897. The Balaban J connectivity index is 4.62. The van der Waals surface area contributed by atoms with Gasteiger partial charge in [-0.1, -0.05) is 13.8 Å². The minimum Gasteiger partial charge on any atom is -0.481 e. The second-order valence-electron chi connectivity index (χ2n) is 3.53. The average molecular weight is 198 g/mol. The van der Waals surface area contributed by atoms with Crippen LogP contribution in [0.3, 0.4) is 0 Å². The summed E-state index contributed by atoms with van der Waals surface area (Å²) < 4.78 is 0. The lowest BCUT2D eigenvalue weighted by atomic mass is 9.78. The Labute approximate surface area is 84.7 Å². The van der Waals surface area contributed by atoms with Crippen LogP contribution in [0.1, 0.15) is 39.5 Å². The molecule has 80 valence electrons. The number of carbonyl (C=O) groups is 1. The second kappa shape index (κ2) is 5.61. The van der Waals surface area contributed by atoms with Crippen LogP contribution in [0.4, 0.5) is 0 Å². The molecule has 0 heterocycles. The summed E-state index contributed by atoms with van der Waals surface area (Å²) in [6.45, 7) is 3.76. The van der Waals surface area contributed by atoms with Gasteiger partial charge in [-0.05, 0) is 19.3 Å². The van der Waals surface area contributed by atoms with Crippen LogP contribution in [0.15, 0.2) is 0 Å². The van der Waals surface area contributed by atoms with Gasteiger partial charge in [-0.25, -0.2) is 0 Å². The van der Waals surface area contributed by atoms with Crippen molar-refractivity contribution in [3.63, 3.8) is 0 Å². The highest BCUT2D eigenvalue weighted by Gasteiger charge is 2.36. The average Bonchev–Trinajstić information content (AvgIpc) is 2.17. The normalized spacial score (nSPS) is 13.3. The molecule has 0 aromatic carbocycles. The molecular formula is C10H18N2O2. The first-order chi connectivity index (χ1) is 6.51. The molecule has 3 N–H and O–H groups in total. The summed E-state index contributed by atoms with van der Waals surface area (Å²) in [5.74, 6) is -1.51. The van der Waals surface area contributed by atoms with Gasteiger partial charge in [0.25, 0.3) is 0 Å². The van der Waals surface area contributed by atoms with Crippen LogP contribution in [0, 0.1) is 17.2 Å². The van der Waals surface area contributed by atoms with E-state index in [-0.39, 0.29) is 6.42 Å². The van der Waals surface area contributed by atoms with Gasteiger partial charge in [0.15, 0.2) is 0 Å². The summed E-state index contributed by atoms with van der Waals surface area (Å²) in [6, 6.07) is 1.95. The Morgan fingerprint density at radius 3 is 2.36 bits per heavy atom. The molecule has 0 bridgehead atoms. The quantitative estimate of drug-likeness (QED) is 0.677. The van der Waals surface area contributed by atoms with E-state index in [1.165, 1.54) is 0 Å². The monoisotopic (exact) mass is 198 g/mol. The topological polar surface area (TPSA) is 87.1 Å². The molecule has 0 aliphatic rings. The van der Waals surface area contributed by atoms with E-state index >= 15 is 0 Å². The number of carboxylic acid groups (broad SMARTS) is 1. The zero-order chi connectivity index (χ0) is 11.2. The second-order valence-corrected chi connectivity index (χ2v) is 3.53. The Hall–Kier alpha value is -1.08. The molecule has 0 aliphatic heterocycles. The fourth-order valence-electron chi connectivity index (χ4n) is 1.61. The van der Waals surface area contributed by atoms with Crippen molar-refractivity contribution in [1.29, 1.82) is 5.26 Å². The summed E-state index contributed by atoms with van der Waals surface area (Å²) in [7, 11) is 0. The van der Waals surface area contributed by atoms with E-state index in [0.29, 0.717) is 19.3 Å². The number of aliphatic carboxylic acids is 1. The first kappa shape index (κ1) is 12.9. The zero-order valence-electron chi connectivity index (χ0n) is 8.79. The summed E-state index contributed by atoms with van der Waals surface area (Å²) in [6.07, 6.45) is 1.82. The SMILES string of the molecule is CCC(N)(CC)C(CCC#N)C(=O)O. The Bertz CT molecular complexity index is 229. The van der Waals surface area contributed by atoms with E-state index in [1.807, 2.05) is 19.9 Å². The van der Waals surface area contributed by atoms with E-state index in [2.05, 4.69) is 0 Å². The first-order valence-electron chi connectivity index (χ1n) is 4.90. The molecule has 0 fully saturated rings. The Kier molecular flexibility index (Phi) is 5.18. The largest absolute Gasteiger partial charge is 0.481 e. The van der Waals surface area contributed by atoms with Crippen molar-refractivity contribution in [2.75, 3.05) is 0 Å². The molecule has 14 heavy (non-hydrogen) atoms. The lowest BCUT2D eigenvalue weighted by Crippen LogP contribution is -2.49. The summed E-state index contributed by atoms with van der Waals surface area (Å²) in [5.41, 5.74) is 5.31. The van der Waals surface area contributed by atoms with Gasteiger partial charge in [0.2, 0.25) is 0 Å². The summed E-state index contributed by atoms with van der Waals surface area (Å²) in [4.78, 5) is 11.0. The van der Waals surface area contributed by atoms with Gasteiger partial charge in [-0.2, -0.15) is 5.26 Å². The molecule has 0 aromatic heterocycles. The highest BCUT2D eigenvalue weighted by Crippen LogP contribution is 2.26. The molecule has 1 atom stereocenters. The minimum absolute atomic E-state index is 0.246. The van der Waals surface area contributed by atoms with Gasteiger partial charge in [-0.3, -0.25) is 4.79 Å². The molecule has 0 saturated heterocycles. The third-order valence-corrected chi connectivity index (χ3v) is 2.85. The zero-order valence-corrected chi connectivity index (χ0v) is 8.79. The third kappa shape index (κ3) is 3.00. The molecule has 4 nitrogen and oxygen atoms in total. The van der Waals surface area contributed by atoms with E-state index in [4.69, 9.17) is 16.1 Å². The van der Waals surface area contributed by atoms with E-state index in [1.54, 1.807) is 0 Å². The maximum Gasteiger partial charge on any atom is 0.308 e. The van der Waals surface area contributed by atoms with Gasteiger partial charge in [-0.15, -0.1) is 0 Å². The Morgan fingerprint density at radius 1 is 1.57 bits per heavy atom. The molecular weight excluding hydrogens is 180 g/mol. The van der Waals surface area contributed by atoms with Gasteiger partial charge in [0, 0.05) is 12.0 Å². The van der Waals surface area contributed by atoms with Crippen molar-refractivity contribution >= 4 is 5.97 Å². The first-order valence-corrected chi connectivity index (χ1v) is 4.90. The van der Waals surface area contributed by atoms with Crippen LogP contribution in [-0.2, 0) is 4.79 Å². The van der Waals surface area contributed by atoms with Gasteiger partial charge >= 0.3 is 5.97 Å². The van der Waals surface area contributed by atoms with Gasteiger partial charge < -0.3 is 10.8 Å². The predicted molar refractivity (Wildman–Crippen MR) is 53.5 cm³/mol. The van der Waals surface area contributed by atoms with E-state index in [0.717, 1.165) is 0 Å². The fourth-order valence-corrected chi connectivity index (χ4v) is 1.61. The molecule has 0 saturated carbocycles. The number of hydrogen-bond donors (Lipinski definition) is 2. The maximum atomic E-state index is 11.0. The molecule has 0 spiro atoms. The highest BCUT2D eigenvalue weighted by atomic mass is 16.4. The molecule has 4 heteroatoms. The molecule has 0 amide bonds. The third-order valence-electron chi connectivity index (χ3n) is 2.85. The van der Waals surface area contributed by atoms with Crippen molar-refractivity contribution in [3.05, 3.63) is 0 Å². The molecule has 1 unspecified atom stereocenters. The summed E-state index contributed by atoms with van der Waals surface area (Å²) >= 11 is 0. The van der Waals surface area contributed by atoms with Crippen molar-refractivity contribution < 1.29 is 9.90 Å². The highest BCUT2D eigenvalue weighted by molar-refractivity contribution is 5.71. The van der Waals surface area contributed by atoms with Crippen LogP contribution in [0.5, 0.6) is 0 Å². The van der Waals surface area contributed by atoms with Crippen molar-refractivity contribution in [2.45, 2.75) is 45.1 Å². The molecule has 0 aromatic rings. The fraction of sp³-hybridized carbons (Fsp3) is 0.800. The van der Waals surface area contributed by atoms with Crippen LogP contribution in [-0.4, -0.2) is 16.6 Å².